The van der Waals surface area contributed by atoms with Crippen LogP contribution in [0.1, 0.15) is 11.3 Å². The zero-order valence-electron chi connectivity index (χ0n) is 10.2. The zero-order chi connectivity index (χ0) is 11.5. The molecule has 16 heavy (non-hydrogen) atoms. The quantitative estimate of drug-likeness (QED) is 0.851. The van der Waals surface area contributed by atoms with Crippen LogP contribution in [0.15, 0.2) is 6.20 Å². The van der Waals surface area contributed by atoms with Crippen molar-refractivity contribution in [3.63, 3.8) is 0 Å². The third-order valence-corrected chi connectivity index (χ3v) is 4.11. The van der Waals surface area contributed by atoms with E-state index in [0.717, 1.165) is 19.6 Å². The van der Waals surface area contributed by atoms with Crippen LogP contribution in [-0.2, 0) is 6.54 Å². The first-order valence-electron chi connectivity index (χ1n) is 5.71. The number of hydrogen-bond donors (Lipinski definition) is 1. The molecule has 0 spiro atoms. The van der Waals surface area contributed by atoms with Gasteiger partial charge >= 0.3 is 0 Å². The Morgan fingerprint density at radius 1 is 1.62 bits per heavy atom. The van der Waals surface area contributed by atoms with Crippen LogP contribution >= 0.6 is 11.3 Å². The third-order valence-electron chi connectivity index (χ3n) is 3.06. The van der Waals surface area contributed by atoms with Gasteiger partial charge in [0, 0.05) is 36.8 Å². The second-order valence-electron chi connectivity index (χ2n) is 4.49. The number of nitrogens with zero attached hydrogens (tertiary/aromatic N) is 3. The lowest BCUT2D eigenvalue weighted by molar-refractivity contribution is 0.315. The van der Waals surface area contributed by atoms with E-state index in [2.05, 4.69) is 34.2 Å². The molecule has 0 aromatic carbocycles. The van der Waals surface area contributed by atoms with Crippen molar-refractivity contribution in [1.82, 2.24) is 15.2 Å². The minimum atomic E-state index is 0.677. The zero-order valence-corrected chi connectivity index (χ0v) is 11.0. The average molecular weight is 240 g/mol. The fourth-order valence-corrected chi connectivity index (χ4v) is 2.99. The van der Waals surface area contributed by atoms with Gasteiger partial charge in [-0.1, -0.05) is 0 Å². The van der Waals surface area contributed by atoms with Crippen molar-refractivity contribution in [1.29, 1.82) is 0 Å². The molecule has 1 aliphatic heterocycles. The molecule has 0 aliphatic carbocycles. The topological polar surface area (TPSA) is 31.4 Å². The maximum atomic E-state index is 4.50. The van der Waals surface area contributed by atoms with Crippen molar-refractivity contribution in [2.75, 3.05) is 39.1 Å². The van der Waals surface area contributed by atoms with Crippen LogP contribution in [0.4, 0.5) is 5.13 Å². The number of anilines is 1. The van der Waals surface area contributed by atoms with Crippen LogP contribution < -0.4 is 10.2 Å². The molecule has 2 heterocycles. The van der Waals surface area contributed by atoms with E-state index in [0.29, 0.717) is 6.04 Å². The largest absolute Gasteiger partial charge is 0.346 e. The highest BCUT2D eigenvalue weighted by atomic mass is 32.1. The Hall–Kier alpha value is -0.650. The van der Waals surface area contributed by atoms with Crippen LogP contribution in [0.5, 0.6) is 0 Å². The first kappa shape index (κ1) is 11.8. The Kier molecular flexibility index (Phi) is 3.78. The predicted octanol–water partition coefficient (Wildman–Crippen LogP) is 1.00. The van der Waals surface area contributed by atoms with E-state index in [1.165, 1.54) is 16.4 Å². The van der Waals surface area contributed by atoms with Crippen LogP contribution in [0.2, 0.25) is 0 Å². The van der Waals surface area contributed by atoms with Crippen LogP contribution in [0, 0.1) is 0 Å². The van der Waals surface area contributed by atoms with Crippen molar-refractivity contribution >= 4 is 16.5 Å². The molecule has 1 saturated heterocycles. The molecule has 0 radical (unpaired) electrons. The fourth-order valence-electron chi connectivity index (χ4n) is 2.04. The molecular formula is C11H20N4S. The summed E-state index contributed by atoms with van der Waals surface area (Å²) in [7, 11) is 6.28. The maximum Gasteiger partial charge on any atom is 0.185 e. The minimum absolute atomic E-state index is 0.677. The Balaban J connectivity index is 1.97. The summed E-state index contributed by atoms with van der Waals surface area (Å²) in [6.45, 7) is 3.16. The van der Waals surface area contributed by atoms with Crippen LogP contribution in [-0.4, -0.2) is 50.2 Å². The maximum absolute atomic E-state index is 4.50. The van der Waals surface area contributed by atoms with Gasteiger partial charge in [-0.05, 0) is 27.6 Å². The molecule has 0 saturated carbocycles. The summed E-state index contributed by atoms with van der Waals surface area (Å²) in [6.07, 6.45) is 3.23. The number of hydrogen-bond acceptors (Lipinski definition) is 5. The van der Waals surface area contributed by atoms with E-state index < -0.39 is 0 Å². The summed E-state index contributed by atoms with van der Waals surface area (Å²) in [6, 6.07) is 0.677. The Morgan fingerprint density at radius 3 is 3.06 bits per heavy atom. The van der Waals surface area contributed by atoms with Crippen LogP contribution in [0.25, 0.3) is 0 Å². The van der Waals surface area contributed by atoms with E-state index in [-0.39, 0.29) is 0 Å². The molecule has 4 nitrogen and oxygen atoms in total. The number of aromatic nitrogens is 1. The number of likely N-dealkylation sites (N-methyl/N-ethyl adjacent to an activating group) is 1. The summed E-state index contributed by atoms with van der Waals surface area (Å²) in [5.41, 5.74) is 0. The van der Waals surface area contributed by atoms with Gasteiger partial charge in [-0.15, -0.1) is 11.3 Å². The van der Waals surface area contributed by atoms with Gasteiger partial charge in [0.25, 0.3) is 0 Å². The highest BCUT2D eigenvalue weighted by molar-refractivity contribution is 7.15. The van der Waals surface area contributed by atoms with E-state index in [1.807, 2.05) is 13.2 Å². The smallest absolute Gasteiger partial charge is 0.185 e. The van der Waals surface area contributed by atoms with Gasteiger partial charge in [0.05, 0.1) is 0 Å². The average Bonchev–Trinajstić information content (AvgIpc) is 2.84. The Bertz CT molecular complexity index is 336. The standard InChI is InChI=1S/C11H20N4S/c1-12-6-10-7-13-11(16-10)15-5-4-9(8-15)14(2)3/h7,9,12H,4-6,8H2,1-3H3. The molecule has 1 unspecified atom stereocenters. The first-order valence-corrected chi connectivity index (χ1v) is 6.53. The van der Waals surface area contributed by atoms with Gasteiger partial charge in [0.15, 0.2) is 5.13 Å². The molecule has 0 bridgehead atoms. The lowest BCUT2D eigenvalue weighted by Gasteiger charge is -2.19. The molecule has 90 valence electrons. The summed E-state index contributed by atoms with van der Waals surface area (Å²) in [4.78, 5) is 10.5. The molecule has 1 aliphatic rings. The second-order valence-corrected chi connectivity index (χ2v) is 5.59. The van der Waals surface area contributed by atoms with E-state index in [1.54, 1.807) is 11.3 Å². The molecular weight excluding hydrogens is 220 g/mol. The molecule has 1 fully saturated rings. The van der Waals surface area contributed by atoms with Crippen molar-refractivity contribution in [3.8, 4) is 0 Å². The van der Waals surface area contributed by atoms with Crippen molar-refractivity contribution < 1.29 is 0 Å². The van der Waals surface area contributed by atoms with Gasteiger partial charge in [0.1, 0.15) is 0 Å². The molecule has 0 amide bonds. The SMILES string of the molecule is CNCc1cnc(N2CCC(N(C)C)C2)s1. The first-order chi connectivity index (χ1) is 7.70. The third kappa shape index (κ3) is 2.53. The van der Waals surface area contributed by atoms with E-state index in [9.17, 15) is 0 Å². The number of nitrogens with one attached hydrogen (secondary N) is 1. The summed E-state index contributed by atoms with van der Waals surface area (Å²) < 4.78 is 0. The molecule has 1 aromatic heterocycles. The second kappa shape index (κ2) is 5.12. The van der Waals surface area contributed by atoms with Gasteiger partial charge in [-0.25, -0.2) is 4.98 Å². The fraction of sp³-hybridized carbons (Fsp3) is 0.727. The number of thiazole rings is 1. The van der Waals surface area contributed by atoms with E-state index in [4.69, 9.17) is 0 Å². The molecule has 1 atom stereocenters. The summed E-state index contributed by atoms with van der Waals surface area (Å²) in [5, 5.41) is 4.33. The number of rotatable bonds is 4. The van der Waals surface area contributed by atoms with Crippen LogP contribution in [0.3, 0.4) is 0 Å². The summed E-state index contributed by atoms with van der Waals surface area (Å²) in [5.74, 6) is 0. The molecule has 5 heteroatoms. The Morgan fingerprint density at radius 2 is 2.44 bits per heavy atom. The molecule has 1 aromatic rings. The highest BCUT2D eigenvalue weighted by Crippen LogP contribution is 2.26. The highest BCUT2D eigenvalue weighted by Gasteiger charge is 2.25. The minimum Gasteiger partial charge on any atom is -0.346 e. The van der Waals surface area contributed by atoms with Crippen molar-refractivity contribution in [2.45, 2.75) is 19.0 Å². The van der Waals surface area contributed by atoms with Crippen molar-refractivity contribution in [3.05, 3.63) is 11.1 Å². The van der Waals surface area contributed by atoms with Gasteiger partial charge in [-0.2, -0.15) is 0 Å². The van der Waals surface area contributed by atoms with Crippen molar-refractivity contribution in [2.24, 2.45) is 0 Å². The normalized spacial score (nSPS) is 21.0. The summed E-state index contributed by atoms with van der Waals surface area (Å²) >= 11 is 1.80. The van der Waals surface area contributed by atoms with Gasteiger partial charge < -0.3 is 15.1 Å². The predicted molar refractivity (Wildman–Crippen MR) is 69.2 cm³/mol. The van der Waals surface area contributed by atoms with E-state index >= 15 is 0 Å². The van der Waals surface area contributed by atoms with Gasteiger partial charge in [-0.3, -0.25) is 0 Å². The Labute approximate surface area is 101 Å². The molecule has 1 N–H and O–H groups in total. The lowest BCUT2D eigenvalue weighted by atomic mass is 10.2. The van der Waals surface area contributed by atoms with Gasteiger partial charge in [0.2, 0.25) is 0 Å². The lowest BCUT2D eigenvalue weighted by Crippen LogP contribution is -2.31. The monoisotopic (exact) mass is 240 g/mol. The molecule has 2 rings (SSSR count).